The molecule has 1 unspecified atom stereocenters. The third-order valence-corrected chi connectivity index (χ3v) is 2.88. The molecule has 0 bridgehead atoms. The Morgan fingerprint density at radius 3 is 2.72 bits per heavy atom. The standard InChI is InChI=1S/C14H23ClN2O/c1-11(16)10-12-6-4-7-13(15)14(12)18-9-5-8-17(2)3/h4,6-7,11H,5,8-10,16H2,1-3H3. The van der Waals surface area contributed by atoms with Crippen molar-refractivity contribution in [3.8, 4) is 5.75 Å². The molecule has 0 aliphatic carbocycles. The SMILES string of the molecule is CC(N)Cc1cccc(Cl)c1OCCCN(C)C. The second kappa shape index (κ2) is 7.62. The van der Waals surface area contributed by atoms with E-state index in [1.54, 1.807) is 0 Å². The van der Waals surface area contributed by atoms with E-state index in [2.05, 4.69) is 19.0 Å². The van der Waals surface area contributed by atoms with Crippen molar-refractivity contribution in [2.24, 2.45) is 5.73 Å². The number of nitrogens with zero attached hydrogens (tertiary/aromatic N) is 1. The first-order valence-electron chi connectivity index (χ1n) is 6.31. The Morgan fingerprint density at radius 2 is 2.11 bits per heavy atom. The summed E-state index contributed by atoms with van der Waals surface area (Å²) in [6.45, 7) is 3.66. The smallest absolute Gasteiger partial charge is 0.141 e. The first kappa shape index (κ1) is 15.3. The molecule has 0 heterocycles. The van der Waals surface area contributed by atoms with Crippen LogP contribution in [0.2, 0.25) is 5.02 Å². The van der Waals surface area contributed by atoms with Crippen LogP contribution in [-0.4, -0.2) is 38.2 Å². The van der Waals surface area contributed by atoms with Crippen LogP contribution in [0, 0.1) is 0 Å². The van der Waals surface area contributed by atoms with E-state index in [9.17, 15) is 0 Å². The lowest BCUT2D eigenvalue weighted by Crippen LogP contribution is -2.19. The lowest BCUT2D eigenvalue weighted by Gasteiger charge is -2.15. The molecule has 102 valence electrons. The van der Waals surface area contributed by atoms with Crippen molar-refractivity contribution in [1.29, 1.82) is 0 Å². The second-order valence-electron chi connectivity index (χ2n) is 4.91. The van der Waals surface area contributed by atoms with Crippen LogP contribution in [0.15, 0.2) is 18.2 Å². The van der Waals surface area contributed by atoms with E-state index in [1.807, 2.05) is 25.1 Å². The Hall–Kier alpha value is -0.770. The number of para-hydroxylation sites is 1. The molecule has 0 saturated carbocycles. The number of ether oxygens (including phenoxy) is 1. The van der Waals surface area contributed by atoms with Crippen molar-refractivity contribution in [3.05, 3.63) is 28.8 Å². The first-order valence-corrected chi connectivity index (χ1v) is 6.69. The molecule has 18 heavy (non-hydrogen) atoms. The van der Waals surface area contributed by atoms with Crippen LogP contribution in [-0.2, 0) is 6.42 Å². The zero-order valence-electron chi connectivity index (χ0n) is 11.4. The molecule has 1 atom stereocenters. The quantitative estimate of drug-likeness (QED) is 0.774. The average Bonchev–Trinajstić information content (AvgIpc) is 2.26. The van der Waals surface area contributed by atoms with Crippen molar-refractivity contribution in [3.63, 3.8) is 0 Å². The average molecular weight is 271 g/mol. The summed E-state index contributed by atoms with van der Waals surface area (Å²) in [5.74, 6) is 0.787. The van der Waals surface area contributed by atoms with Gasteiger partial charge in [-0.25, -0.2) is 0 Å². The fourth-order valence-corrected chi connectivity index (χ4v) is 2.03. The van der Waals surface area contributed by atoms with Crippen molar-refractivity contribution in [2.45, 2.75) is 25.8 Å². The number of hydrogen-bond acceptors (Lipinski definition) is 3. The summed E-state index contributed by atoms with van der Waals surface area (Å²) >= 11 is 6.18. The van der Waals surface area contributed by atoms with Crippen molar-refractivity contribution < 1.29 is 4.74 Å². The molecule has 0 fully saturated rings. The number of rotatable bonds is 7. The van der Waals surface area contributed by atoms with Gasteiger partial charge in [0.1, 0.15) is 5.75 Å². The summed E-state index contributed by atoms with van der Waals surface area (Å²) in [7, 11) is 4.11. The number of benzene rings is 1. The zero-order valence-corrected chi connectivity index (χ0v) is 12.2. The predicted octanol–water partition coefficient (Wildman–Crippen LogP) is 2.56. The maximum Gasteiger partial charge on any atom is 0.141 e. The van der Waals surface area contributed by atoms with Gasteiger partial charge in [0, 0.05) is 12.6 Å². The summed E-state index contributed by atoms with van der Waals surface area (Å²) in [6, 6.07) is 5.92. The lowest BCUT2D eigenvalue weighted by molar-refractivity contribution is 0.279. The van der Waals surface area contributed by atoms with Crippen LogP contribution < -0.4 is 10.5 Å². The van der Waals surface area contributed by atoms with Gasteiger partial charge in [0.25, 0.3) is 0 Å². The highest BCUT2D eigenvalue weighted by Gasteiger charge is 2.10. The largest absolute Gasteiger partial charge is 0.492 e. The molecule has 0 spiro atoms. The van der Waals surface area contributed by atoms with Crippen molar-refractivity contribution in [1.82, 2.24) is 4.90 Å². The maximum absolute atomic E-state index is 6.18. The number of hydrogen-bond donors (Lipinski definition) is 1. The highest BCUT2D eigenvalue weighted by Crippen LogP contribution is 2.29. The molecule has 2 N–H and O–H groups in total. The Labute approximate surface area is 115 Å². The van der Waals surface area contributed by atoms with Gasteiger partial charge in [-0.1, -0.05) is 23.7 Å². The molecule has 0 saturated heterocycles. The van der Waals surface area contributed by atoms with Gasteiger partial charge in [-0.05, 0) is 45.5 Å². The van der Waals surface area contributed by atoms with E-state index in [0.717, 1.165) is 30.7 Å². The molecule has 0 aliphatic rings. The molecule has 1 aromatic carbocycles. The molecule has 1 rings (SSSR count). The van der Waals surface area contributed by atoms with Gasteiger partial charge >= 0.3 is 0 Å². The molecular weight excluding hydrogens is 248 g/mol. The Morgan fingerprint density at radius 1 is 1.39 bits per heavy atom. The summed E-state index contributed by atoms with van der Waals surface area (Å²) in [4.78, 5) is 2.14. The Bertz CT molecular complexity index is 367. The number of nitrogens with two attached hydrogens (primary N) is 1. The van der Waals surface area contributed by atoms with E-state index in [0.29, 0.717) is 11.6 Å². The topological polar surface area (TPSA) is 38.5 Å². The summed E-state index contributed by atoms with van der Waals surface area (Å²) in [5, 5.41) is 0.665. The normalized spacial score (nSPS) is 12.8. The van der Waals surface area contributed by atoms with Gasteiger partial charge in [0.2, 0.25) is 0 Å². The van der Waals surface area contributed by atoms with E-state index in [-0.39, 0.29) is 6.04 Å². The minimum absolute atomic E-state index is 0.104. The first-order chi connectivity index (χ1) is 8.50. The molecule has 0 aromatic heterocycles. The summed E-state index contributed by atoms with van der Waals surface area (Å²) in [6.07, 6.45) is 1.76. The van der Waals surface area contributed by atoms with Crippen LogP contribution >= 0.6 is 11.6 Å². The van der Waals surface area contributed by atoms with E-state index >= 15 is 0 Å². The third-order valence-electron chi connectivity index (χ3n) is 2.59. The monoisotopic (exact) mass is 270 g/mol. The van der Waals surface area contributed by atoms with Gasteiger partial charge < -0.3 is 15.4 Å². The minimum Gasteiger partial charge on any atom is -0.492 e. The highest BCUT2D eigenvalue weighted by atomic mass is 35.5. The lowest BCUT2D eigenvalue weighted by atomic mass is 10.1. The van der Waals surface area contributed by atoms with Gasteiger partial charge in [-0.15, -0.1) is 0 Å². The van der Waals surface area contributed by atoms with E-state index in [1.165, 1.54) is 0 Å². The molecule has 0 aliphatic heterocycles. The molecule has 4 heteroatoms. The van der Waals surface area contributed by atoms with Crippen LogP contribution in [0.5, 0.6) is 5.75 Å². The molecule has 1 aromatic rings. The van der Waals surface area contributed by atoms with Crippen LogP contribution in [0.3, 0.4) is 0 Å². The Balaban J connectivity index is 2.62. The fraction of sp³-hybridized carbons (Fsp3) is 0.571. The van der Waals surface area contributed by atoms with Crippen molar-refractivity contribution in [2.75, 3.05) is 27.2 Å². The Kier molecular flexibility index (Phi) is 6.47. The third kappa shape index (κ3) is 5.25. The zero-order chi connectivity index (χ0) is 13.5. The van der Waals surface area contributed by atoms with Crippen molar-refractivity contribution >= 4 is 11.6 Å². The predicted molar refractivity (Wildman–Crippen MR) is 77.5 cm³/mol. The molecular formula is C14H23ClN2O. The molecule has 0 amide bonds. The minimum atomic E-state index is 0.104. The molecule has 0 radical (unpaired) electrons. The van der Waals surface area contributed by atoms with E-state index < -0.39 is 0 Å². The van der Waals surface area contributed by atoms with Crippen LogP contribution in [0.1, 0.15) is 18.9 Å². The van der Waals surface area contributed by atoms with Crippen LogP contribution in [0.4, 0.5) is 0 Å². The van der Waals surface area contributed by atoms with Crippen LogP contribution in [0.25, 0.3) is 0 Å². The fourth-order valence-electron chi connectivity index (χ4n) is 1.78. The molecule has 3 nitrogen and oxygen atoms in total. The maximum atomic E-state index is 6.18. The number of halogens is 1. The van der Waals surface area contributed by atoms with E-state index in [4.69, 9.17) is 22.1 Å². The van der Waals surface area contributed by atoms with Gasteiger partial charge in [0.15, 0.2) is 0 Å². The van der Waals surface area contributed by atoms with Gasteiger partial charge in [-0.3, -0.25) is 0 Å². The highest BCUT2D eigenvalue weighted by molar-refractivity contribution is 6.32. The summed E-state index contributed by atoms with van der Waals surface area (Å²) < 4.78 is 5.81. The second-order valence-corrected chi connectivity index (χ2v) is 5.32. The summed E-state index contributed by atoms with van der Waals surface area (Å²) in [5.41, 5.74) is 6.92. The van der Waals surface area contributed by atoms with Gasteiger partial charge in [-0.2, -0.15) is 0 Å². The van der Waals surface area contributed by atoms with Gasteiger partial charge in [0.05, 0.1) is 11.6 Å².